The van der Waals surface area contributed by atoms with Crippen LogP contribution in [0.1, 0.15) is 30.9 Å². The first kappa shape index (κ1) is 10.6. The van der Waals surface area contributed by atoms with Crippen LogP contribution in [0.5, 0.6) is 0 Å². The molecule has 0 bridgehead atoms. The van der Waals surface area contributed by atoms with Crippen LogP contribution in [0, 0.1) is 0 Å². The van der Waals surface area contributed by atoms with Crippen LogP contribution in [-0.2, 0) is 24.8 Å². The average molecular weight is 211 g/mol. The first-order valence-corrected chi connectivity index (χ1v) is 5.24. The molecule has 0 spiro atoms. The largest absolute Gasteiger partial charge is 0.388 e. The summed E-state index contributed by atoms with van der Waals surface area (Å²) in [4.78, 5) is 0. The molecule has 1 heterocycles. The van der Waals surface area contributed by atoms with Crippen molar-refractivity contribution < 1.29 is 9.84 Å². The Morgan fingerprint density at radius 2 is 2.07 bits per heavy atom. The van der Waals surface area contributed by atoms with E-state index in [0.717, 1.165) is 25.1 Å². The molecule has 0 aliphatic heterocycles. The predicted octanol–water partition coefficient (Wildman–Crippen LogP) is 0.419. The van der Waals surface area contributed by atoms with Gasteiger partial charge in [-0.3, -0.25) is 0 Å². The maximum atomic E-state index is 9.00. The Morgan fingerprint density at radius 3 is 2.47 bits per heavy atom. The standard InChI is InChI=1S/C10H17N3O2/c1-13-8(11-12-9(13)7-14)6-10(15-2)4-3-5-10/h14H,3-7H2,1-2H3. The van der Waals surface area contributed by atoms with Crippen molar-refractivity contribution in [2.75, 3.05) is 7.11 Å². The van der Waals surface area contributed by atoms with Crippen molar-refractivity contribution in [2.24, 2.45) is 7.05 Å². The molecule has 0 saturated heterocycles. The number of hydrogen-bond acceptors (Lipinski definition) is 4. The van der Waals surface area contributed by atoms with Crippen molar-refractivity contribution in [1.82, 2.24) is 14.8 Å². The third kappa shape index (κ3) is 1.77. The molecule has 15 heavy (non-hydrogen) atoms. The highest BCUT2D eigenvalue weighted by Gasteiger charge is 2.38. The Morgan fingerprint density at radius 1 is 1.40 bits per heavy atom. The minimum absolute atomic E-state index is 0.0342. The number of rotatable bonds is 4. The molecule has 0 amide bonds. The zero-order valence-electron chi connectivity index (χ0n) is 9.23. The van der Waals surface area contributed by atoms with Gasteiger partial charge in [-0.2, -0.15) is 0 Å². The quantitative estimate of drug-likeness (QED) is 0.784. The van der Waals surface area contributed by atoms with Gasteiger partial charge in [0.25, 0.3) is 0 Å². The molecule has 0 unspecified atom stereocenters. The first-order valence-electron chi connectivity index (χ1n) is 5.24. The number of ether oxygens (including phenoxy) is 1. The lowest BCUT2D eigenvalue weighted by atomic mass is 9.77. The molecule has 1 saturated carbocycles. The molecule has 2 rings (SSSR count). The van der Waals surface area contributed by atoms with E-state index in [1.54, 1.807) is 7.11 Å². The molecular formula is C10H17N3O2. The van der Waals surface area contributed by atoms with Gasteiger partial charge in [0.05, 0.1) is 5.60 Å². The van der Waals surface area contributed by atoms with Crippen LogP contribution < -0.4 is 0 Å². The van der Waals surface area contributed by atoms with E-state index in [-0.39, 0.29) is 12.2 Å². The van der Waals surface area contributed by atoms with E-state index >= 15 is 0 Å². The van der Waals surface area contributed by atoms with Crippen molar-refractivity contribution in [2.45, 2.75) is 37.9 Å². The zero-order chi connectivity index (χ0) is 10.9. The fourth-order valence-corrected chi connectivity index (χ4v) is 2.00. The van der Waals surface area contributed by atoms with Crippen molar-refractivity contribution in [3.05, 3.63) is 11.6 Å². The van der Waals surface area contributed by atoms with Gasteiger partial charge >= 0.3 is 0 Å². The van der Waals surface area contributed by atoms with Crippen LogP contribution in [0.4, 0.5) is 0 Å². The second-order valence-corrected chi connectivity index (χ2v) is 4.17. The first-order chi connectivity index (χ1) is 7.21. The monoisotopic (exact) mass is 211 g/mol. The Bertz CT molecular complexity index is 339. The lowest BCUT2D eigenvalue weighted by Gasteiger charge is -2.40. The van der Waals surface area contributed by atoms with Gasteiger partial charge in [-0.15, -0.1) is 10.2 Å². The number of aliphatic hydroxyl groups excluding tert-OH is 1. The molecule has 84 valence electrons. The average Bonchev–Trinajstić information content (AvgIpc) is 2.53. The molecule has 1 fully saturated rings. The number of hydrogen-bond donors (Lipinski definition) is 1. The summed E-state index contributed by atoms with van der Waals surface area (Å²) in [7, 11) is 3.63. The molecule has 1 aliphatic rings. The zero-order valence-corrected chi connectivity index (χ0v) is 9.23. The van der Waals surface area contributed by atoms with Gasteiger partial charge < -0.3 is 14.4 Å². The highest BCUT2D eigenvalue weighted by Crippen LogP contribution is 2.37. The molecule has 0 aromatic carbocycles. The van der Waals surface area contributed by atoms with Gasteiger partial charge in [0.1, 0.15) is 12.4 Å². The van der Waals surface area contributed by atoms with E-state index in [1.165, 1.54) is 6.42 Å². The third-order valence-corrected chi connectivity index (χ3v) is 3.37. The predicted molar refractivity (Wildman–Crippen MR) is 54.2 cm³/mol. The van der Waals surface area contributed by atoms with Gasteiger partial charge in [-0.1, -0.05) is 0 Å². The maximum absolute atomic E-state index is 9.00. The van der Waals surface area contributed by atoms with Gasteiger partial charge in [-0.05, 0) is 19.3 Å². The second-order valence-electron chi connectivity index (χ2n) is 4.17. The Balaban J connectivity index is 2.13. The van der Waals surface area contributed by atoms with E-state index in [2.05, 4.69) is 10.2 Å². The smallest absolute Gasteiger partial charge is 0.158 e. The van der Waals surface area contributed by atoms with E-state index in [9.17, 15) is 0 Å². The highest BCUT2D eigenvalue weighted by atomic mass is 16.5. The highest BCUT2D eigenvalue weighted by molar-refractivity contribution is 5.03. The molecule has 5 nitrogen and oxygen atoms in total. The van der Waals surface area contributed by atoms with Gasteiger partial charge in [0.15, 0.2) is 5.82 Å². The molecule has 1 aromatic rings. The van der Waals surface area contributed by atoms with Crippen LogP contribution in [0.25, 0.3) is 0 Å². The van der Waals surface area contributed by atoms with E-state index in [0.29, 0.717) is 5.82 Å². The summed E-state index contributed by atoms with van der Waals surface area (Å²) in [5.74, 6) is 1.50. The van der Waals surface area contributed by atoms with E-state index < -0.39 is 0 Å². The Kier molecular flexibility index (Phi) is 2.75. The van der Waals surface area contributed by atoms with Crippen LogP contribution in [0.2, 0.25) is 0 Å². The minimum atomic E-state index is -0.0660. The summed E-state index contributed by atoms with van der Waals surface area (Å²) in [5.41, 5.74) is -0.0342. The van der Waals surface area contributed by atoms with Crippen LogP contribution in [0.3, 0.4) is 0 Å². The number of aromatic nitrogens is 3. The lowest BCUT2D eigenvalue weighted by molar-refractivity contribution is -0.0725. The summed E-state index contributed by atoms with van der Waals surface area (Å²) in [5, 5.41) is 17.0. The molecule has 0 atom stereocenters. The van der Waals surface area contributed by atoms with Gasteiger partial charge in [-0.25, -0.2) is 0 Å². The summed E-state index contributed by atoms with van der Waals surface area (Å²) >= 11 is 0. The molecule has 5 heteroatoms. The lowest BCUT2D eigenvalue weighted by Crippen LogP contribution is -2.42. The number of methoxy groups -OCH3 is 1. The van der Waals surface area contributed by atoms with E-state index in [4.69, 9.17) is 9.84 Å². The summed E-state index contributed by atoms with van der Waals surface area (Å²) in [6, 6.07) is 0. The molecule has 1 N–H and O–H groups in total. The second kappa shape index (κ2) is 3.90. The Labute approximate surface area is 89.1 Å². The van der Waals surface area contributed by atoms with Crippen molar-refractivity contribution in [1.29, 1.82) is 0 Å². The molecular weight excluding hydrogens is 194 g/mol. The fraction of sp³-hybridized carbons (Fsp3) is 0.800. The van der Waals surface area contributed by atoms with Crippen molar-refractivity contribution in [3.8, 4) is 0 Å². The number of nitrogens with zero attached hydrogens (tertiary/aromatic N) is 3. The van der Waals surface area contributed by atoms with Crippen LogP contribution >= 0.6 is 0 Å². The van der Waals surface area contributed by atoms with Crippen molar-refractivity contribution >= 4 is 0 Å². The Hall–Kier alpha value is -0.940. The van der Waals surface area contributed by atoms with Crippen LogP contribution in [0.15, 0.2) is 0 Å². The maximum Gasteiger partial charge on any atom is 0.158 e. The minimum Gasteiger partial charge on any atom is -0.388 e. The molecule has 0 radical (unpaired) electrons. The summed E-state index contributed by atoms with van der Waals surface area (Å²) in [6.45, 7) is -0.0660. The number of aliphatic hydroxyl groups is 1. The molecule has 1 aromatic heterocycles. The topological polar surface area (TPSA) is 60.2 Å². The van der Waals surface area contributed by atoms with Crippen molar-refractivity contribution in [3.63, 3.8) is 0 Å². The SMILES string of the molecule is COC1(Cc2nnc(CO)n2C)CCC1. The van der Waals surface area contributed by atoms with Gasteiger partial charge in [0.2, 0.25) is 0 Å². The van der Waals surface area contributed by atoms with Crippen LogP contribution in [-0.4, -0.2) is 32.6 Å². The van der Waals surface area contributed by atoms with Gasteiger partial charge in [0, 0.05) is 20.6 Å². The fourth-order valence-electron chi connectivity index (χ4n) is 2.00. The summed E-state index contributed by atoms with van der Waals surface area (Å²) in [6.07, 6.45) is 4.18. The third-order valence-electron chi connectivity index (χ3n) is 3.37. The van der Waals surface area contributed by atoms with E-state index in [1.807, 2.05) is 11.6 Å². The normalized spacial score (nSPS) is 18.9. The summed E-state index contributed by atoms with van der Waals surface area (Å²) < 4.78 is 7.38. The molecule has 1 aliphatic carbocycles.